The predicted octanol–water partition coefficient (Wildman–Crippen LogP) is 3.90. The van der Waals surface area contributed by atoms with Crippen molar-refractivity contribution in [1.29, 1.82) is 0 Å². The Morgan fingerprint density at radius 2 is 1.80 bits per heavy atom. The maximum Gasteiger partial charge on any atom is 0.245 e. The zero-order chi connectivity index (χ0) is 28.6. The van der Waals surface area contributed by atoms with E-state index >= 15 is 0 Å². The minimum atomic E-state index is -3.68. The minimum Gasteiger partial charge on any atom is -0.379 e. The quantitative estimate of drug-likeness (QED) is 0.287. The van der Waals surface area contributed by atoms with Gasteiger partial charge in [-0.25, -0.2) is 22.6 Å². The molecule has 1 saturated heterocycles. The van der Waals surface area contributed by atoms with Crippen LogP contribution in [-0.2, 0) is 21.3 Å². The fourth-order valence-electron chi connectivity index (χ4n) is 4.92. The summed E-state index contributed by atoms with van der Waals surface area (Å²) < 4.78 is 37.8. The third kappa shape index (κ3) is 6.25. The lowest BCUT2D eigenvalue weighted by molar-refractivity contribution is 0.0360. The highest BCUT2D eigenvalue weighted by Gasteiger charge is 2.22. The molecule has 11 nitrogen and oxygen atoms in total. The summed E-state index contributed by atoms with van der Waals surface area (Å²) in [5, 5.41) is 13.8. The fraction of sp³-hybridized carbons (Fsp3) is 0.345. The van der Waals surface area contributed by atoms with Crippen LogP contribution in [0.1, 0.15) is 20.8 Å². The topological polar surface area (TPSA) is 119 Å². The number of hydrogen-bond donors (Lipinski definition) is 2. The molecule has 3 aromatic heterocycles. The maximum atomic E-state index is 12.9. The molecule has 0 aliphatic carbocycles. The average molecular weight is 575 g/mol. The van der Waals surface area contributed by atoms with E-state index in [-0.39, 0.29) is 4.90 Å². The standard InChI is InChI=1S/C29H34N8O3S/c1-29(2,3)34-41(38,39)25-6-4-5-21(17-25)27-10-9-24-19-30-28(33-37(24)27)31-23-8-7-22-20-36(32-26(22)18-23)12-11-35-13-15-40-16-14-35/h4-10,17-20,34H,11-16H2,1-3H3,(H,31,33). The molecule has 1 aliphatic heterocycles. The molecule has 12 heteroatoms. The second kappa shape index (κ2) is 10.9. The highest BCUT2D eigenvalue weighted by Crippen LogP contribution is 2.26. The Kier molecular flexibility index (Phi) is 7.24. The molecule has 0 radical (unpaired) electrons. The van der Waals surface area contributed by atoms with Crippen molar-refractivity contribution in [3.63, 3.8) is 0 Å². The number of ether oxygens (including phenoxy) is 1. The molecule has 1 aliphatic rings. The lowest BCUT2D eigenvalue weighted by atomic mass is 10.1. The van der Waals surface area contributed by atoms with Crippen molar-refractivity contribution >= 4 is 38.1 Å². The normalized spacial score (nSPS) is 15.1. The maximum absolute atomic E-state index is 12.9. The Morgan fingerprint density at radius 3 is 2.61 bits per heavy atom. The number of nitrogens with zero attached hydrogens (tertiary/aromatic N) is 6. The molecule has 6 rings (SSSR count). The molecule has 2 aromatic carbocycles. The van der Waals surface area contributed by atoms with Crippen LogP contribution in [0.15, 0.2) is 71.9 Å². The van der Waals surface area contributed by atoms with Crippen molar-refractivity contribution in [3.8, 4) is 11.3 Å². The number of sulfonamides is 1. The number of rotatable bonds is 8. The zero-order valence-electron chi connectivity index (χ0n) is 23.4. The molecule has 0 spiro atoms. The van der Waals surface area contributed by atoms with Crippen LogP contribution in [0.3, 0.4) is 0 Å². The summed E-state index contributed by atoms with van der Waals surface area (Å²) in [5.41, 5.74) is 3.41. The van der Waals surface area contributed by atoms with Crippen molar-refractivity contribution in [2.75, 3.05) is 38.2 Å². The monoisotopic (exact) mass is 574 g/mol. The molecule has 5 aromatic rings. The minimum absolute atomic E-state index is 0.199. The molecular formula is C29H34N8O3S. The number of morpholine rings is 1. The first-order valence-corrected chi connectivity index (χ1v) is 15.1. The molecule has 0 amide bonds. The highest BCUT2D eigenvalue weighted by atomic mass is 32.2. The second-order valence-corrected chi connectivity index (χ2v) is 12.9. The van der Waals surface area contributed by atoms with Gasteiger partial charge >= 0.3 is 0 Å². The van der Waals surface area contributed by atoms with Crippen LogP contribution in [-0.4, -0.2) is 76.1 Å². The first-order valence-electron chi connectivity index (χ1n) is 13.7. The summed E-state index contributed by atoms with van der Waals surface area (Å²) in [6, 6.07) is 16.7. The van der Waals surface area contributed by atoms with E-state index in [0.29, 0.717) is 5.95 Å². The van der Waals surface area contributed by atoms with Gasteiger partial charge in [-0.3, -0.25) is 9.58 Å². The van der Waals surface area contributed by atoms with Gasteiger partial charge in [0, 0.05) is 48.0 Å². The van der Waals surface area contributed by atoms with E-state index < -0.39 is 15.6 Å². The largest absolute Gasteiger partial charge is 0.379 e. The van der Waals surface area contributed by atoms with Crippen molar-refractivity contribution in [2.24, 2.45) is 0 Å². The van der Waals surface area contributed by atoms with Crippen LogP contribution in [0.5, 0.6) is 0 Å². The summed E-state index contributed by atoms with van der Waals surface area (Å²) in [5.74, 6) is 0.416. The molecule has 41 heavy (non-hydrogen) atoms. The van der Waals surface area contributed by atoms with Crippen LogP contribution in [0.2, 0.25) is 0 Å². The van der Waals surface area contributed by atoms with Crippen molar-refractivity contribution < 1.29 is 13.2 Å². The molecule has 0 saturated carbocycles. The lowest BCUT2D eigenvalue weighted by Gasteiger charge is -2.26. The summed E-state index contributed by atoms with van der Waals surface area (Å²) in [4.78, 5) is 7.07. The Labute approximate surface area is 239 Å². The van der Waals surface area contributed by atoms with Crippen LogP contribution in [0.25, 0.3) is 27.7 Å². The second-order valence-electron chi connectivity index (χ2n) is 11.3. The van der Waals surface area contributed by atoms with Crippen LogP contribution >= 0.6 is 0 Å². The number of anilines is 2. The molecule has 0 atom stereocenters. The van der Waals surface area contributed by atoms with Gasteiger partial charge in [0.2, 0.25) is 16.0 Å². The molecule has 214 valence electrons. The Morgan fingerprint density at radius 1 is 0.976 bits per heavy atom. The molecule has 0 bridgehead atoms. The summed E-state index contributed by atoms with van der Waals surface area (Å²) in [6.45, 7) is 10.7. The summed E-state index contributed by atoms with van der Waals surface area (Å²) in [6.07, 6.45) is 3.80. The van der Waals surface area contributed by atoms with Gasteiger partial charge in [0.15, 0.2) is 0 Å². The van der Waals surface area contributed by atoms with Gasteiger partial charge in [-0.2, -0.15) is 5.10 Å². The van der Waals surface area contributed by atoms with Crippen LogP contribution in [0, 0.1) is 0 Å². The summed E-state index contributed by atoms with van der Waals surface area (Å²) in [7, 11) is -3.68. The molecule has 4 heterocycles. The van der Waals surface area contributed by atoms with Gasteiger partial charge in [-0.15, -0.1) is 5.10 Å². The molecule has 0 unspecified atom stereocenters. The van der Waals surface area contributed by atoms with Gasteiger partial charge in [-0.1, -0.05) is 12.1 Å². The van der Waals surface area contributed by atoms with Crippen LogP contribution in [0.4, 0.5) is 11.6 Å². The van der Waals surface area contributed by atoms with Gasteiger partial charge in [0.1, 0.15) is 0 Å². The first-order chi connectivity index (χ1) is 19.6. The van der Waals surface area contributed by atoms with Crippen molar-refractivity contribution in [3.05, 3.63) is 67.0 Å². The fourth-order valence-corrected chi connectivity index (χ4v) is 6.38. The van der Waals surface area contributed by atoms with Crippen LogP contribution < -0.4 is 10.0 Å². The number of hydrogen-bond acceptors (Lipinski definition) is 8. The Hall–Kier alpha value is -3.84. The number of aromatic nitrogens is 5. The number of nitrogens with one attached hydrogen (secondary N) is 2. The van der Waals surface area contributed by atoms with Gasteiger partial charge in [0.05, 0.1) is 47.6 Å². The van der Waals surface area contributed by atoms with E-state index in [1.807, 2.05) is 61.9 Å². The van der Waals surface area contributed by atoms with E-state index in [2.05, 4.69) is 26.1 Å². The van der Waals surface area contributed by atoms with Gasteiger partial charge in [0.25, 0.3) is 0 Å². The average Bonchev–Trinajstić information content (AvgIpc) is 3.55. The lowest BCUT2D eigenvalue weighted by Crippen LogP contribution is -2.40. The first kappa shape index (κ1) is 27.3. The molecule has 1 fully saturated rings. The van der Waals surface area contributed by atoms with E-state index in [1.165, 1.54) is 0 Å². The SMILES string of the molecule is CC(C)(C)NS(=O)(=O)c1cccc(-c2ccc3cnc(Nc4ccc5cn(CCN6CCOCC6)nc5c4)nn23)c1. The van der Waals surface area contributed by atoms with E-state index in [0.717, 1.165) is 72.8 Å². The molecular weight excluding hydrogens is 540 g/mol. The summed E-state index contributed by atoms with van der Waals surface area (Å²) >= 11 is 0. The van der Waals surface area contributed by atoms with E-state index in [1.54, 1.807) is 28.9 Å². The van der Waals surface area contributed by atoms with Gasteiger partial charge in [-0.05, 0) is 63.2 Å². The predicted molar refractivity (Wildman–Crippen MR) is 159 cm³/mol. The zero-order valence-corrected chi connectivity index (χ0v) is 24.2. The number of fused-ring (bicyclic) bond motifs is 2. The van der Waals surface area contributed by atoms with E-state index in [4.69, 9.17) is 14.9 Å². The molecule has 2 N–H and O–H groups in total. The smallest absolute Gasteiger partial charge is 0.245 e. The number of benzene rings is 2. The third-order valence-electron chi connectivity index (χ3n) is 6.84. The van der Waals surface area contributed by atoms with Crippen molar-refractivity contribution in [2.45, 2.75) is 37.8 Å². The Bertz CT molecular complexity index is 1800. The van der Waals surface area contributed by atoms with Gasteiger partial charge < -0.3 is 10.1 Å². The highest BCUT2D eigenvalue weighted by molar-refractivity contribution is 7.89. The van der Waals surface area contributed by atoms with E-state index in [9.17, 15) is 8.42 Å². The third-order valence-corrected chi connectivity index (χ3v) is 8.59. The Balaban J connectivity index is 1.22. The van der Waals surface area contributed by atoms with Crippen molar-refractivity contribution in [1.82, 2.24) is 34.0 Å².